The summed E-state index contributed by atoms with van der Waals surface area (Å²) in [6.45, 7) is 2.17. The molecule has 0 saturated carbocycles. The molecular formula is C18H20OS. The smallest absolute Gasteiger partial charge is 0.0685 e. The first-order valence-corrected chi connectivity index (χ1v) is 8.24. The standard InChI is InChI=1S/C18H20OS/c1-2-13-12-20-16-11-7-6-10-15(16)17(18(13)19)14-8-4-3-5-9-14/h3-11,13,17-19H,2,12H2,1H3/t13-,17-,18+/m1/s1. The summed E-state index contributed by atoms with van der Waals surface area (Å²) in [6.07, 6.45) is 0.712. The number of thioether (sulfide) groups is 1. The second-order valence-electron chi connectivity index (χ2n) is 5.40. The van der Waals surface area contributed by atoms with E-state index in [0.29, 0.717) is 5.92 Å². The van der Waals surface area contributed by atoms with Crippen LogP contribution in [-0.4, -0.2) is 17.0 Å². The molecule has 0 amide bonds. The minimum Gasteiger partial charge on any atom is -0.392 e. The Kier molecular flexibility index (Phi) is 4.13. The Hall–Kier alpha value is -1.25. The number of fused-ring (bicyclic) bond motifs is 1. The first-order valence-electron chi connectivity index (χ1n) is 7.26. The summed E-state index contributed by atoms with van der Waals surface area (Å²) in [7, 11) is 0. The van der Waals surface area contributed by atoms with Crippen molar-refractivity contribution in [1.82, 2.24) is 0 Å². The number of benzene rings is 2. The monoisotopic (exact) mass is 284 g/mol. The summed E-state index contributed by atoms with van der Waals surface area (Å²) in [5.41, 5.74) is 2.49. The lowest BCUT2D eigenvalue weighted by Gasteiger charge is -2.27. The number of hydrogen-bond donors (Lipinski definition) is 1. The van der Waals surface area contributed by atoms with Crippen molar-refractivity contribution in [3.05, 3.63) is 65.7 Å². The van der Waals surface area contributed by atoms with Gasteiger partial charge in [-0.2, -0.15) is 0 Å². The molecule has 1 aliphatic rings. The molecule has 0 unspecified atom stereocenters. The van der Waals surface area contributed by atoms with Gasteiger partial charge in [0.1, 0.15) is 0 Å². The second kappa shape index (κ2) is 6.02. The highest BCUT2D eigenvalue weighted by atomic mass is 32.2. The van der Waals surface area contributed by atoms with Crippen molar-refractivity contribution in [2.24, 2.45) is 5.92 Å². The van der Waals surface area contributed by atoms with Crippen LogP contribution in [0.15, 0.2) is 59.5 Å². The molecule has 0 spiro atoms. The Morgan fingerprint density at radius 3 is 2.50 bits per heavy atom. The van der Waals surface area contributed by atoms with Crippen LogP contribution < -0.4 is 0 Å². The van der Waals surface area contributed by atoms with Gasteiger partial charge in [-0.15, -0.1) is 11.8 Å². The molecule has 0 fully saturated rings. The van der Waals surface area contributed by atoms with Gasteiger partial charge < -0.3 is 5.11 Å². The van der Waals surface area contributed by atoms with E-state index in [2.05, 4.69) is 55.5 Å². The van der Waals surface area contributed by atoms with Crippen molar-refractivity contribution in [2.75, 3.05) is 5.75 Å². The Morgan fingerprint density at radius 1 is 1.05 bits per heavy atom. The van der Waals surface area contributed by atoms with Gasteiger partial charge in [0.25, 0.3) is 0 Å². The van der Waals surface area contributed by atoms with E-state index >= 15 is 0 Å². The minimum absolute atomic E-state index is 0.0901. The molecule has 2 aromatic rings. The fourth-order valence-electron chi connectivity index (χ4n) is 3.02. The molecule has 0 aromatic heterocycles. The van der Waals surface area contributed by atoms with Crippen LogP contribution in [0, 0.1) is 5.92 Å². The predicted octanol–water partition coefficient (Wildman–Crippen LogP) is 4.31. The van der Waals surface area contributed by atoms with E-state index in [1.54, 1.807) is 0 Å². The van der Waals surface area contributed by atoms with E-state index < -0.39 is 0 Å². The van der Waals surface area contributed by atoms with Crippen molar-refractivity contribution in [2.45, 2.75) is 30.3 Å². The van der Waals surface area contributed by atoms with Crippen molar-refractivity contribution in [1.29, 1.82) is 0 Å². The molecule has 0 saturated heterocycles. The molecule has 0 aliphatic carbocycles. The average molecular weight is 284 g/mol. The summed E-state index contributed by atoms with van der Waals surface area (Å²) < 4.78 is 0. The number of rotatable bonds is 2. The van der Waals surface area contributed by atoms with Crippen LogP contribution in [0.2, 0.25) is 0 Å². The summed E-state index contributed by atoms with van der Waals surface area (Å²) >= 11 is 1.88. The zero-order valence-corrected chi connectivity index (χ0v) is 12.5. The fraction of sp³-hybridized carbons (Fsp3) is 0.333. The van der Waals surface area contributed by atoms with Crippen molar-refractivity contribution < 1.29 is 5.11 Å². The van der Waals surface area contributed by atoms with Gasteiger partial charge in [0.2, 0.25) is 0 Å². The van der Waals surface area contributed by atoms with Crippen LogP contribution in [0.25, 0.3) is 0 Å². The molecule has 2 heteroatoms. The third-order valence-corrected chi connectivity index (χ3v) is 5.49. The van der Waals surface area contributed by atoms with E-state index in [-0.39, 0.29) is 12.0 Å². The van der Waals surface area contributed by atoms with Crippen LogP contribution in [0.5, 0.6) is 0 Å². The van der Waals surface area contributed by atoms with Crippen LogP contribution in [-0.2, 0) is 0 Å². The van der Waals surface area contributed by atoms with Gasteiger partial charge >= 0.3 is 0 Å². The maximum Gasteiger partial charge on any atom is 0.0685 e. The Balaban J connectivity index is 2.11. The fourth-order valence-corrected chi connectivity index (χ4v) is 4.38. The highest BCUT2D eigenvalue weighted by molar-refractivity contribution is 7.99. The molecule has 1 N–H and O–H groups in total. The minimum atomic E-state index is -0.307. The van der Waals surface area contributed by atoms with E-state index in [4.69, 9.17) is 0 Å². The van der Waals surface area contributed by atoms with Gasteiger partial charge in [0.15, 0.2) is 0 Å². The highest BCUT2D eigenvalue weighted by Crippen LogP contribution is 2.42. The first kappa shape index (κ1) is 13.7. The van der Waals surface area contributed by atoms with Gasteiger partial charge in [-0.1, -0.05) is 61.9 Å². The Labute approximate surface area is 125 Å². The van der Waals surface area contributed by atoms with Gasteiger partial charge in [0.05, 0.1) is 6.10 Å². The lowest BCUT2D eigenvalue weighted by Crippen LogP contribution is -2.28. The molecule has 20 heavy (non-hydrogen) atoms. The van der Waals surface area contributed by atoms with E-state index in [1.165, 1.54) is 16.0 Å². The predicted molar refractivity (Wildman–Crippen MR) is 85.2 cm³/mol. The molecule has 3 atom stereocenters. The van der Waals surface area contributed by atoms with E-state index in [1.807, 2.05) is 17.8 Å². The SMILES string of the molecule is CC[C@@H]1CSc2ccccc2[C@@H](c2ccccc2)[C@H]1O. The zero-order chi connectivity index (χ0) is 13.9. The van der Waals surface area contributed by atoms with Crippen LogP contribution in [0.1, 0.15) is 30.4 Å². The van der Waals surface area contributed by atoms with Gasteiger partial charge in [-0.05, 0) is 23.1 Å². The summed E-state index contributed by atoms with van der Waals surface area (Å²) in [4.78, 5) is 1.32. The topological polar surface area (TPSA) is 20.2 Å². The maximum absolute atomic E-state index is 10.9. The van der Waals surface area contributed by atoms with E-state index in [0.717, 1.165) is 12.2 Å². The molecule has 3 rings (SSSR count). The van der Waals surface area contributed by atoms with Gasteiger partial charge in [-0.3, -0.25) is 0 Å². The van der Waals surface area contributed by atoms with E-state index in [9.17, 15) is 5.11 Å². The zero-order valence-electron chi connectivity index (χ0n) is 11.7. The molecule has 1 heterocycles. The average Bonchev–Trinajstić information content (AvgIpc) is 2.64. The highest BCUT2D eigenvalue weighted by Gasteiger charge is 2.33. The molecule has 0 radical (unpaired) electrons. The number of aliphatic hydroxyl groups is 1. The summed E-state index contributed by atoms with van der Waals surface area (Å²) in [6, 6.07) is 18.9. The quantitative estimate of drug-likeness (QED) is 0.886. The number of aliphatic hydroxyl groups excluding tert-OH is 1. The van der Waals surface area contributed by atoms with Crippen LogP contribution in [0.3, 0.4) is 0 Å². The van der Waals surface area contributed by atoms with Crippen LogP contribution in [0.4, 0.5) is 0 Å². The molecule has 1 aliphatic heterocycles. The van der Waals surface area contributed by atoms with Crippen molar-refractivity contribution in [3.8, 4) is 0 Å². The van der Waals surface area contributed by atoms with Crippen molar-refractivity contribution in [3.63, 3.8) is 0 Å². The third kappa shape index (κ3) is 2.50. The van der Waals surface area contributed by atoms with Gasteiger partial charge in [-0.25, -0.2) is 0 Å². The van der Waals surface area contributed by atoms with Gasteiger partial charge in [0, 0.05) is 16.6 Å². The molecule has 1 nitrogen and oxygen atoms in total. The maximum atomic E-state index is 10.9. The van der Waals surface area contributed by atoms with Crippen LogP contribution >= 0.6 is 11.8 Å². The molecule has 104 valence electrons. The lowest BCUT2D eigenvalue weighted by molar-refractivity contribution is 0.101. The summed E-state index contributed by atoms with van der Waals surface area (Å²) in [5.74, 6) is 1.43. The molecule has 0 bridgehead atoms. The Bertz CT molecular complexity index is 567. The summed E-state index contributed by atoms with van der Waals surface area (Å²) in [5, 5.41) is 10.9. The normalized spacial score (nSPS) is 25.8. The number of hydrogen-bond acceptors (Lipinski definition) is 2. The lowest BCUT2D eigenvalue weighted by atomic mass is 9.81. The molecule has 2 aromatic carbocycles. The molecular weight excluding hydrogens is 264 g/mol. The first-order chi connectivity index (χ1) is 9.81. The third-order valence-electron chi connectivity index (χ3n) is 4.21. The largest absolute Gasteiger partial charge is 0.392 e. The Morgan fingerprint density at radius 2 is 1.75 bits per heavy atom. The second-order valence-corrected chi connectivity index (χ2v) is 6.46. The van der Waals surface area contributed by atoms with Crippen molar-refractivity contribution >= 4 is 11.8 Å².